The van der Waals surface area contributed by atoms with E-state index in [-0.39, 0.29) is 16.6 Å². The van der Waals surface area contributed by atoms with Crippen molar-refractivity contribution in [2.24, 2.45) is 0 Å². The van der Waals surface area contributed by atoms with E-state index < -0.39 is 34.1 Å². The molecule has 1 unspecified atom stereocenters. The Morgan fingerprint density at radius 2 is 1.36 bits per heavy atom. The number of hydrogen-bond acceptors (Lipinski definition) is 5. The number of alkyl halides is 2. The van der Waals surface area contributed by atoms with Crippen molar-refractivity contribution in [1.29, 1.82) is 0 Å². The Labute approximate surface area is 193 Å². The van der Waals surface area contributed by atoms with Crippen molar-refractivity contribution in [2.45, 2.75) is 26.0 Å². The Balaban J connectivity index is 1.69. The lowest BCUT2D eigenvalue weighted by molar-refractivity contribution is -0.159. The molecular weight excluding hydrogens is 474 g/mol. The van der Waals surface area contributed by atoms with Crippen molar-refractivity contribution >= 4 is 27.0 Å². The average Bonchev–Trinajstić information content (AvgIpc) is 2.79. The minimum absolute atomic E-state index is 0.280. The predicted molar refractivity (Wildman–Crippen MR) is 119 cm³/mol. The molecular formula is C23H20F2O6S2+2. The molecule has 1 N–H and O–H groups in total. The van der Waals surface area contributed by atoms with Gasteiger partial charge < -0.3 is 9.47 Å². The molecule has 1 atom stereocenters. The molecule has 0 radical (unpaired) electrons. The van der Waals surface area contributed by atoms with E-state index >= 15 is 0 Å². The number of halogens is 2. The molecule has 0 aliphatic heterocycles. The van der Waals surface area contributed by atoms with E-state index in [1.165, 1.54) is 0 Å². The first-order chi connectivity index (χ1) is 15.6. The molecule has 0 saturated heterocycles. The molecule has 33 heavy (non-hydrogen) atoms. The highest BCUT2D eigenvalue weighted by Crippen LogP contribution is 2.32. The first-order valence-electron chi connectivity index (χ1n) is 9.54. The minimum atomic E-state index is -5.79. The number of rotatable bonds is 9. The van der Waals surface area contributed by atoms with Gasteiger partial charge in [0.1, 0.15) is 12.7 Å². The van der Waals surface area contributed by atoms with Crippen LogP contribution in [0.2, 0.25) is 0 Å². The fourth-order valence-electron chi connectivity index (χ4n) is 2.76. The number of benzene rings is 3. The van der Waals surface area contributed by atoms with E-state index in [2.05, 4.69) is 11.7 Å². The molecule has 3 rings (SSSR count). The normalized spacial score (nSPS) is 12.8. The Morgan fingerprint density at radius 3 is 1.82 bits per heavy atom. The summed E-state index contributed by atoms with van der Waals surface area (Å²) >= 11 is 0. The zero-order valence-corrected chi connectivity index (χ0v) is 18.8. The Hall–Kier alpha value is -3.08. The standard InChI is InChI=1S/C23H19F2O6S2/c1-17(23(24,25)33(27,28)29)31-22(26)16-30-18-12-14-21(15-13-18)32(19-8-4-2-5-9-19)20-10-6-3-7-11-20/h2-15,17H,1,16H2/q+1/p+1. The van der Waals surface area contributed by atoms with Gasteiger partial charge in [0.2, 0.25) is 0 Å². The second-order valence-corrected chi connectivity index (χ2v) is 10.2. The highest BCUT2D eigenvalue weighted by atomic mass is 32.2. The first-order valence-corrected chi connectivity index (χ1v) is 12.2. The van der Waals surface area contributed by atoms with Crippen molar-refractivity contribution in [3.8, 4) is 5.75 Å². The van der Waals surface area contributed by atoms with Crippen LogP contribution in [0.25, 0.3) is 0 Å². The molecule has 6 nitrogen and oxygen atoms in total. The molecule has 0 bridgehead atoms. The van der Waals surface area contributed by atoms with Gasteiger partial charge in [-0.15, -0.1) is 0 Å². The zero-order chi connectivity index (χ0) is 24.1. The van der Waals surface area contributed by atoms with Gasteiger partial charge in [-0.25, -0.2) is 4.79 Å². The lowest BCUT2D eigenvalue weighted by Crippen LogP contribution is -2.42. The highest BCUT2D eigenvalue weighted by Gasteiger charge is 2.56. The minimum Gasteiger partial charge on any atom is -0.482 e. The van der Waals surface area contributed by atoms with Gasteiger partial charge in [-0.05, 0) is 48.5 Å². The SMILES string of the molecule is [CH2+]C(OC(=O)COc1ccc([S+](c2ccccc2)c2ccccc2)cc1)C(F)(F)S(=O)(=O)O. The van der Waals surface area contributed by atoms with Gasteiger partial charge in [-0.2, -0.15) is 17.2 Å². The molecule has 0 aromatic heterocycles. The van der Waals surface area contributed by atoms with Crippen LogP contribution in [0.1, 0.15) is 0 Å². The fraction of sp³-hybridized carbons (Fsp3) is 0.130. The quantitative estimate of drug-likeness (QED) is 0.205. The molecule has 3 aromatic rings. The van der Waals surface area contributed by atoms with Crippen LogP contribution in [-0.2, 0) is 30.5 Å². The van der Waals surface area contributed by atoms with Crippen LogP contribution >= 0.6 is 0 Å². The van der Waals surface area contributed by atoms with Gasteiger partial charge in [0.05, 0.1) is 10.9 Å². The van der Waals surface area contributed by atoms with E-state index in [1.807, 2.05) is 72.8 Å². The summed E-state index contributed by atoms with van der Waals surface area (Å²) in [4.78, 5) is 15.0. The number of ether oxygens (including phenoxy) is 2. The van der Waals surface area contributed by atoms with Crippen molar-refractivity contribution < 1.29 is 36.0 Å². The van der Waals surface area contributed by atoms with Gasteiger partial charge in [0.25, 0.3) is 0 Å². The van der Waals surface area contributed by atoms with Crippen molar-refractivity contribution in [1.82, 2.24) is 0 Å². The summed E-state index contributed by atoms with van der Waals surface area (Å²) in [6, 6.07) is 26.8. The third kappa shape index (κ3) is 6.04. The van der Waals surface area contributed by atoms with Crippen molar-refractivity contribution in [2.75, 3.05) is 6.61 Å². The Kier molecular flexibility index (Phi) is 7.62. The van der Waals surface area contributed by atoms with Crippen LogP contribution in [-0.4, -0.2) is 36.9 Å². The molecule has 0 aliphatic rings. The summed E-state index contributed by atoms with van der Waals surface area (Å²) < 4.78 is 66.3. The first kappa shape index (κ1) is 24.6. The molecule has 0 fully saturated rings. The summed E-state index contributed by atoms with van der Waals surface area (Å²) in [5.41, 5.74) is 0. The topological polar surface area (TPSA) is 89.9 Å². The summed E-state index contributed by atoms with van der Waals surface area (Å²) in [7, 11) is -6.17. The molecule has 0 aliphatic carbocycles. The molecule has 0 heterocycles. The largest absolute Gasteiger partial charge is 0.482 e. The van der Waals surface area contributed by atoms with E-state index in [1.54, 1.807) is 12.1 Å². The number of hydrogen-bond donors (Lipinski definition) is 1. The van der Waals surface area contributed by atoms with Crippen LogP contribution < -0.4 is 4.74 Å². The molecule has 10 heteroatoms. The highest BCUT2D eigenvalue weighted by molar-refractivity contribution is 7.97. The number of esters is 1. The van der Waals surface area contributed by atoms with E-state index in [9.17, 15) is 22.0 Å². The fourth-order valence-corrected chi connectivity index (χ4v) is 5.23. The molecule has 3 aromatic carbocycles. The average molecular weight is 495 g/mol. The summed E-state index contributed by atoms with van der Waals surface area (Å²) in [5, 5.41) is -4.74. The zero-order valence-electron chi connectivity index (χ0n) is 17.1. The predicted octanol–water partition coefficient (Wildman–Crippen LogP) is 4.39. The maximum Gasteiger partial charge on any atom is 0.448 e. The number of carbonyl (C=O) groups excluding carboxylic acids is 1. The Bertz CT molecular complexity index is 1130. The second kappa shape index (κ2) is 10.2. The van der Waals surface area contributed by atoms with E-state index in [4.69, 9.17) is 9.29 Å². The summed E-state index contributed by atoms with van der Waals surface area (Å²) in [6.07, 6.45) is -2.63. The third-order valence-electron chi connectivity index (χ3n) is 4.37. The van der Waals surface area contributed by atoms with E-state index in [0.717, 1.165) is 14.7 Å². The second-order valence-electron chi connectivity index (χ2n) is 6.71. The Morgan fingerprint density at radius 1 is 0.909 bits per heavy atom. The monoisotopic (exact) mass is 494 g/mol. The van der Waals surface area contributed by atoms with Crippen LogP contribution in [0, 0.1) is 6.92 Å². The molecule has 0 amide bonds. The van der Waals surface area contributed by atoms with Crippen LogP contribution in [0.3, 0.4) is 0 Å². The number of carbonyl (C=O) groups is 1. The maximum atomic E-state index is 13.4. The molecule has 0 saturated carbocycles. The smallest absolute Gasteiger partial charge is 0.448 e. The van der Waals surface area contributed by atoms with Gasteiger partial charge in [0, 0.05) is 0 Å². The van der Waals surface area contributed by atoms with Gasteiger partial charge >= 0.3 is 27.4 Å². The third-order valence-corrected chi connectivity index (χ3v) is 7.55. The molecule has 172 valence electrons. The van der Waals surface area contributed by atoms with Crippen LogP contribution in [0.4, 0.5) is 8.78 Å². The van der Waals surface area contributed by atoms with Gasteiger partial charge in [-0.1, -0.05) is 36.4 Å². The van der Waals surface area contributed by atoms with E-state index in [0.29, 0.717) is 0 Å². The lowest BCUT2D eigenvalue weighted by atomic mass is 10.3. The maximum absolute atomic E-state index is 13.4. The van der Waals surface area contributed by atoms with Crippen LogP contribution in [0.15, 0.2) is 99.6 Å². The lowest BCUT2D eigenvalue weighted by Gasteiger charge is -2.16. The van der Waals surface area contributed by atoms with Gasteiger partial charge in [0.15, 0.2) is 21.3 Å². The van der Waals surface area contributed by atoms with Crippen molar-refractivity contribution in [3.63, 3.8) is 0 Å². The van der Waals surface area contributed by atoms with Gasteiger partial charge in [-0.3, -0.25) is 4.55 Å². The summed E-state index contributed by atoms with van der Waals surface area (Å²) in [5.74, 6) is -0.988. The molecule has 0 spiro atoms. The summed E-state index contributed by atoms with van der Waals surface area (Å²) in [6.45, 7) is 2.02. The van der Waals surface area contributed by atoms with Crippen LogP contribution in [0.5, 0.6) is 5.75 Å². The van der Waals surface area contributed by atoms with Crippen molar-refractivity contribution in [3.05, 3.63) is 91.9 Å².